The first-order valence-corrected chi connectivity index (χ1v) is 13.0. The van der Waals surface area contributed by atoms with Crippen molar-refractivity contribution in [2.45, 2.75) is 32.2 Å². The number of nitrogens with zero attached hydrogens (tertiary/aromatic N) is 2. The number of likely N-dealkylation sites (tertiary alicyclic amines) is 1. The molecule has 2 fully saturated rings. The van der Waals surface area contributed by atoms with Crippen LogP contribution in [0.1, 0.15) is 41.6 Å². The van der Waals surface area contributed by atoms with Gasteiger partial charge >= 0.3 is 0 Å². The van der Waals surface area contributed by atoms with Gasteiger partial charge in [0, 0.05) is 47.1 Å². The number of hydrogen-bond donors (Lipinski definition) is 3. The molecule has 1 saturated carbocycles. The van der Waals surface area contributed by atoms with Crippen LogP contribution >= 0.6 is 0 Å². The van der Waals surface area contributed by atoms with E-state index in [0.717, 1.165) is 72.7 Å². The number of carbonyl (C=O) groups is 2. The monoisotopic (exact) mass is 499 g/mol. The van der Waals surface area contributed by atoms with Gasteiger partial charge in [-0.25, -0.2) is 9.37 Å². The Kier molecular flexibility index (Phi) is 6.34. The van der Waals surface area contributed by atoms with E-state index in [4.69, 9.17) is 0 Å². The number of amides is 2. The summed E-state index contributed by atoms with van der Waals surface area (Å²) >= 11 is 0. The van der Waals surface area contributed by atoms with E-state index in [9.17, 15) is 14.0 Å². The van der Waals surface area contributed by atoms with Crippen molar-refractivity contribution in [3.8, 4) is 0 Å². The number of fused-ring (bicyclic) bond motifs is 3. The van der Waals surface area contributed by atoms with Crippen LogP contribution in [0.2, 0.25) is 0 Å². The number of nitrogens with one attached hydrogen (secondary N) is 3. The molecule has 2 aliphatic rings. The molecular weight excluding hydrogens is 469 g/mol. The fraction of sp³-hybridized carbons (Fsp3) is 0.345. The summed E-state index contributed by atoms with van der Waals surface area (Å²) in [4.78, 5) is 35.3. The second-order valence-corrected chi connectivity index (χ2v) is 10.3. The first-order valence-electron chi connectivity index (χ1n) is 13.0. The molecule has 8 heteroatoms. The standard InChI is InChI=1S/C29H30FN5O2/c30-22-6-1-19(2-7-22)17-35-13-10-18(11-14-35)16-32-28(36)21-5-8-23-24-9-12-31-27(26(24)33-25(23)15-21)34-29(37)20-3-4-20/h1-2,5-9,12,15,18,20,33H,3-4,10-11,13-14,16-17H2,(H,32,36)(H,31,34,37). The molecule has 6 rings (SSSR count). The van der Waals surface area contributed by atoms with Gasteiger partial charge in [0.2, 0.25) is 5.91 Å². The third-order valence-corrected chi connectivity index (χ3v) is 7.55. The number of rotatable bonds is 7. The number of H-pyrrole nitrogens is 1. The second-order valence-electron chi connectivity index (χ2n) is 10.3. The van der Waals surface area contributed by atoms with Crippen molar-refractivity contribution < 1.29 is 14.0 Å². The van der Waals surface area contributed by atoms with Crippen LogP contribution in [0.4, 0.5) is 10.2 Å². The van der Waals surface area contributed by atoms with E-state index < -0.39 is 0 Å². The molecule has 190 valence electrons. The highest BCUT2D eigenvalue weighted by Gasteiger charge is 2.30. The topological polar surface area (TPSA) is 90.1 Å². The number of aromatic nitrogens is 2. The van der Waals surface area contributed by atoms with Crippen LogP contribution in [0.3, 0.4) is 0 Å². The summed E-state index contributed by atoms with van der Waals surface area (Å²) in [6.07, 6.45) is 5.60. The SMILES string of the molecule is O=C(NCC1CCN(Cc2ccc(F)cc2)CC1)c1ccc2c(c1)[nH]c1c(NC(=O)C3CC3)nccc12. The van der Waals surface area contributed by atoms with Gasteiger partial charge in [0.05, 0.1) is 5.52 Å². The summed E-state index contributed by atoms with van der Waals surface area (Å²) in [6.45, 7) is 3.40. The molecule has 0 spiro atoms. The zero-order valence-corrected chi connectivity index (χ0v) is 20.6. The van der Waals surface area contributed by atoms with Crippen molar-refractivity contribution in [1.29, 1.82) is 0 Å². The maximum Gasteiger partial charge on any atom is 0.251 e. The Bertz CT molecular complexity index is 1450. The molecule has 4 aromatic rings. The van der Waals surface area contributed by atoms with Gasteiger partial charge in [0.15, 0.2) is 5.82 Å². The number of hydrogen-bond acceptors (Lipinski definition) is 4. The van der Waals surface area contributed by atoms with Crippen molar-refractivity contribution in [2.75, 3.05) is 25.0 Å². The fourth-order valence-corrected chi connectivity index (χ4v) is 5.17. The predicted octanol–water partition coefficient (Wildman–Crippen LogP) is 4.85. The van der Waals surface area contributed by atoms with Gasteiger partial charge in [-0.1, -0.05) is 18.2 Å². The number of aromatic amines is 1. The number of pyridine rings is 1. The minimum Gasteiger partial charge on any atom is -0.352 e. The van der Waals surface area contributed by atoms with Gasteiger partial charge in [-0.15, -0.1) is 0 Å². The quantitative estimate of drug-likeness (QED) is 0.339. The lowest BCUT2D eigenvalue weighted by molar-refractivity contribution is -0.117. The van der Waals surface area contributed by atoms with Gasteiger partial charge in [-0.05, 0) is 80.6 Å². The summed E-state index contributed by atoms with van der Waals surface area (Å²) < 4.78 is 13.1. The molecule has 0 radical (unpaired) electrons. The molecule has 7 nitrogen and oxygen atoms in total. The lowest BCUT2D eigenvalue weighted by atomic mass is 9.96. The summed E-state index contributed by atoms with van der Waals surface area (Å²) in [6, 6.07) is 14.3. The highest BCUT2D eigenvalue weighted by molar-refractivity contribution is 6.13. The van der Waals surface area contributed by atoms with Gasteiger partial charge in [0.25, 0.3) is 5.91 Å². The minimum absolute atomic E-state index is 0.0139. The molecule has 2 aromatic heterocycles. The lowest BCUT2D eigenvalue weighted by Gasteiger charge is -2.32. The Hall–Kier alpha value is -3.78. The molecule has 3 heterocycles. The lowest BCUT2D eigenvalue weighted by Crippen LogP contribution is -2.38. The average molecular weight is 500 g/mol. The Morgan fingerprint density at radius 3 is 2.54 bits per heavy atom. The third kappa shape index (κ3) is 5.20. The number of piperidine rings is 1. The molecular formula is C29H30FN5O2. The molecule has 2 amide bonds. The average Bonchev–Trinajstić information content (AvgIpc) is 3.70. The molecule has 3 N–H and O–H groups in total. The first-order chi connectivity index (χ1) is 18.0. The van der Waals surface area contributed by atoms with Gasteiger partial charge in [-0.2, -0.15) is 0 Å². The maximum atomic E-state index is 13.1. The number of anilines is 1. The maximum absolute atomic E-state index is 13.1. The molecule has 1 aliphatic carbocycles. The number of halogens is 1. The van der Waals surface area contributed by atoms with Gasteiger partial charge in [-0.3, -0.25) is 14.5 Å². The van der Waals surface area contributed by atoms with Crippen molar-refractivity contribution in [3.63, 3.8) is 0 Å². The van der Waals surface area contributed by atoms with E-state index in [1.54, 1.807) is 6.20 Å². The molecule has 1 aliphatic heterocycles. The van der Waals surface area contributed by atoms with Gasteiger partial charge in [0.1, 0.15) is 5.82 Å². The fourth-order valence-electron chi connectivity index (χ4n) is 5.17. The van der Waals surface area contributed by atoms with E-state index in [1.165, 1.54) is 12.1 Å². The minimum atomic E-state index is -0.207. The van der Waals surface area contributed by atoms with Crippen molar-refractivity contribution in [3.05, 3.63) is 71.7 Å². The summed E-state index contributed by atoms with van der Waals surface area (Å²) in [5.74, 6) is 0.783. The largest absolute Gasteiger partial charge is 0.352 e. The van der Waals surface area contributed by atoms with Crippen LogP contribution in [0.5, 0.6) is 0 Å². The molecule has 1 saturated heterocycles. The second kappa shape index (κ2) is 9.94. The van der Waals surface area contributed by atoms with Crippen LogP contribution < -0.4 is 10.6 Å². The Morgan fingerprint density at radius 1 is 1.00 bits per heavy atom. The molecule has 0 bridgehead atoms. The third-order valence-electron chi connectivity index (χ3n) is 7.55. The highest BCUT2D eigenvalue weighted by Crippen LogP contribution is 2.33. The Balaban J connectivity index is 1.07. The van der Waals surface area contributed by atoms with Crippen LogP contribution in [0.25, 0.3) is 21.8 Å². The van der Waals surface area contributed by atoms with E-state index in [0.29, 0.717) is 23.8 Å². The van der Waals surface area contributed by atoms with E-state index in [-0.39, 0.29) is 23.5 Å². The molecule has 0 unspecified atom stereocenters. The summed E-state index contributed by atoms with van der Waals surface area (Å²) in [5, 5.41) is 8.01. The first kappa shape index (κ1) is 23.6. The normalized spacial score (nSPS) is 16.8. The van der Waals surface area contributed by atoms with Crippen molar-refractivity contribution >= 4 is 39.4 Å². The molecule has 37 heavy (non-hydrogen) atoms. The number of benzene rings is 2. The zero-order chi connectivity index (χ0) is 25.4. The van der Waals surface area contributed by atoms with E-state index >= 15 is 0 Å². The van der Waals surface area contributed by atoms with E-state index in [2.05, 4.69) is 25.5 Å². The summed E-state index contributed by atoms with van der Waals surface area (Å²) in [7, 11) is 0. The Labute approximate surface area is 214 Å². The van der Waals surface area contributed by atoms with Crippen LogP contribution in [-0.2, 0) is 11.3 Å². The van der Waals surface area contributed by atoms with Crippen molar-refractivity contribution in [2.24, 2.45) is 11.8 Å². The number of carbonyl (C=O) groups excluding carboxylic acids is 2. The summed E-state index contributed by atoms with van der Waals surface area (Å²) in [5.41, 5.74) is 3.33. The van der Waals surface area contributed by atoms with Crippen LogP contribution in [0.15, 0.2) is 54.7 Å². The van der Waals surface area contributed by atoms with Crippen LogP contribution in [-0.4, -0.2) is 46.3 Å². The molecule has 0 atom stereocenters. The highest BCUT2D eigenvalue weighted by atomic mass is 19.1. The van der Waals surface area contributed by atoms with Crippen LogP contribution in [0, 0.1) is 17.7 Å². The predicted molar refractivity (Wildman–Crippen MR) is 142 cm³/mol. The van der Waals surface area contributed by atoms with Gasteiger partial charge < -0.3 is 15.6 Å². The smallest absolute Gasteiger partial charge is 0.251 e. The van der Waals surface area contributed by atoms with Crippen molar-refractivity contribution in [1.82, 2.24) is 20.2 Å². The molecule has 2 aromatic carbocycles. The van der Waals surface area contributed by atoms with E-state index in [1.807, 2.05) is 36.4 Å². The zero-order valence-electron chi connectivity index (χ0n) is 20.6. The Morgan fingerprint density at radius 2 is 1.78 bits per heavy atom.